The number of methoxy groups -OCH3 is 1. The largest absolute Gasteiger partial charge is 0.496 e. The summed E-state index contributed by atoms with van der Waals surface area (Å²) in [6.45, 7) is 5.96. The van der Waals surface area contributed by atoms with Gasteiger partial charge in [-0.2, -0.15) is 0 Å². The van der Waals surface area contributed by atoms with Crippen LogP contribution in [0.4, 0.5) is 5.69 Å². The van der Waals surface area contributed by atoms with E-state index in [2.05, 4.69) is 58.7 Å². The highest BCUT2D eigenvalue weighted by Crippen LogP contribution is 2.40. The zero-order chi connectivity index (χ0) is 22.6. The van der Waals surface area contributed by atoms with Crippen molar-refractivity contribution in [1.82, 2.24) is 20.4 Å². The van der Waals surface area contributed by atoms with Crippen LogP contribution in [0.1, 0.15) is 25.2 Å². The molecule has 164 valence electrons. The molecule has 2 aromatic carbocycles. The first-order valence-electron chi connectivity index (χ1n) is 10.7. The average molecular weight is 430 g/mol. The molecule has 0 bridgehead atoms. The van der Waals surface area contributed by atoms with E-state index in [9.17, 15) is 0 Å². The van der Waals surface area contributed by atoms with Crippen LogP contribution < -0.4 is 15.1 Å². The number of nitrogens with one attached hydrogen (secondary N) is 2. The quantitative estimate of drug-likeness (QED) is 0.485. The van der Waals surface area contributed by atoms with E-state index in [0.717, 1.165) is 67.4 Å². The number of hydrogen-bond acceptors (Lipinski definition) is 6. The lowest BCUT2D eigenvalue weighted by Gasteiger charge is -2.14. The zero-order valence-corrected chi connectivity index (χ0v) is 19.2. The number of benzene rings is 2. The Morgan fingerprint density at radius 2 is 1.91 bits per heavy atom. The number of fused-ring (bicyclic) bond motifs is 3. The Morgan fingerprint density at radius 3 is 2.59 bits per heavy atom. The van der Waals surface area contributed by atoms with Gasteiger partial charge in [-0.1, -0.05) is 12.1 Å². The van der Waals surface area contributed by atoms with E-state index in [4.69, 9.17) is 19.5 Å². The lowest BCUT2D eigenvalue weighted by atomic mass is 9.96. The van der Waals surface area contributed by atoms with Crippen LogP contribution in [0.5, 0.6) is 5.75 Å². The van der Waals surface area contributed by atoms with Crippen molar-refractivity contribution in [3.8, 4) is 17.0 Å². The van der Waals surface area contributed by atoms with Crippen LogP contribution in [0.3, 0.4) is 0 Å². The number of H-pyrrole nitrogens is 1. The molecule has 1 unspecified atom stereocenters. The maximum absolute atomic E-state index is 5.82. The fourth-order valence-corrected chi connectivity index (χ4v) is 4.47. The Morgan fingerprint density at radius 1 is 1.09 bits per heavy atom. The van der Waals surface area contributed by atoms with Gasteiger partial charge in [-0.05, 0) is 45.0 Å². The third kappa shape index (κ3) is 3.17. The number of aryl methyl sites for hydroxylation is 1. The predicted octanol–water partition coefficient (Wildman–Crippen LogP) is 4.82. The summed E-state index contributed by atoms with van der Waals surface area (Å²) in [5.41, 5.74) is 10.0. The van der Waals surface area contributed by atoms with Gasteiger partial charge in [0.2, 0.25) is 0 Å². The molecule has 0 radical (unpaired) electrons. The normalized spacial score (nSPS) is 16.1. The Labute approximate surface area is 187 Å². The minimum atomic E-state index is 0.0668. The Bertz CT molecular complexity index is 1390. The van der Waals surface area contributed by atoms with Crippen molar-refractivity contribution in [3.63, 3.8) is 0 Å². The van der Waals surface area contributed by atoms with Crippen LogP contribution in [-0.2, 0) is 4.84 Å². The molecule has 7 heteroatoms. The van der Waals surface area contributed by atoms with Gasteiger partial charge in [0.1, 0.15) is 23.0 Å². The van der Waals surface area contributed by atoms with Crippen LogP contribution in [0.25, 0.3) is 38.8 Å². The third-order valence-corrected chi connectivity index (χ3v) is 6.01. The van der Waals surface area contributed by atoms with Gasteiger partial charge in [0.25, 0.3) is 0 Å². The van der Waals surface area contributed by atoms with Crippen LogP contribution in [0.2, 0.25) is 0 Å². The van der Waals surface area contributed by atoms with E-state index in [1.54, 1.807) is 7.11 Å². The molecule has 0 aliphatic carbocycles. The van der Waals surface area contributed by atoms with E-state index in [0.29, 0.717) is 0 Å². The molecule has 2 aromatic heterocycles. The molecule has 32 heavy (non-hydrogen) atoms. The van der Waals surface area contributed by atoms with Gasteiger partial charge in [0.05, 0.1) is 24.2 Å². The summed E-state index contributed by atoms with van der Waals surface area (Å²) in [7, 11) is 5.78. The molecule has 2 N–H and O–H groups in total. The number of anilines is 1. The highest BCUT2D eigenvalue weighted by Gasteiger charge is 2.26. The highest BCUT2D eigenvalue weighted by atomic mass is 16.7. The van der Waals surface area contributed by atoms with Crippen molar-refractivity contribution in [2.75, 3.05) is 26.1 Å². The topological polar surface area (TPSA) is 75.3 Å². The van der Waals surface area contributed by atoms with Gasteiger partial charge in [0, 0.05) is 47.4 Å². The molecule has 0 fully saturated rings. The number of ether oxygens (including phenoxy) is 1. The standard InChI is InChI=1S/C25H27N5O2/c1-13-22(14(2)32-29-13)19-11-20-18(12-21(19)31-6)23-24(26-15(3)27-25(23)28-20)16-8-7-9-17(10-16)30(4)5/h7-13,29H,1-6H3,(H,26,27,28). The first kappa shape index (κ1) is 20.3. The average Bonchev–Trinajstić information content (AvgIpc) is 3.30. The SMILES string of the molecule is COc1cc2c(cc1C1=C(C)ONC1C)[nH]c1nc(C)nc(-c3cccc(N(C)C)c3)c12. The summed E-state index contributed by atoms with van der Waals surface area (Å²) >= 11 is 0. The van der Waals surface area contributed by atoms with Crippen molar-refractivity contribution in [2.45, 2.75) is 26.8 Å². The van der Waals surface area contributed by atoms with Crippen LogP contribution in [0, 0.1) is 6.92 Å². The van der Waals surface area contributed by atoms with Crippen LogP contribution in [-0.4, -0.2) is 42.2 Å². The lowest BCUT2D eigenvalue weighted by Crippen LogP contribution is -2.19. The molecule has 4 aromatic rings. The van der Waals surface area contributed by atoms with Gasteiger partial charge in [0.15, 0.2) is 0 Å². The minimum Gasteiger partial charge on any atom is -0.496 e. The Kier molecular flexibility index (Phi) is 4.78. The molecule has 5 rings (SSSR count). The van der Waals surface area contributed by atoms with Gasteiger partial charge in [-0.3, -0.25) is 0 Å². The van der Waals surface area contributed by atoms with E-state index >= 15 is 0 Å². The number of allylic oxidation sites excluding steroid dienone is 1. The molecule has 0 saturated carbocycles. The molecule has 3 heterocycles. The monoisotopic (exact) mass is 429 g/mol. The first-order valence-corrected chi connectivity index (χ1v) is 10.7. The summed E-state index contributed by atoms with van der Waals surface area (Å²) in [6.07, 6.45) is 0. The van der Waals surface area contributed by atoms with Crippen molar-refractivity contribution >= 4 is 33.2 Å². The summed E-state index contributed by atoms with van der Waals surface area (Å²) in [4.78, 5) is 20.7. The third-order valence-electron chi connectivity index (χ3n) is 6.01. The molecule has 0 amide bonds. The van der Waals surface area contributed by atoms with Gasteiger partial charge in [-0.15, -0.1) is 5.48 Å². The fraction of sp³-hybridized carbons (Fsp3) is 0.280. The lowest BCUT2D eigenvalue weighted by molar-refractivity contribution is 0.122. The van der Waals surface area contributed by atoms with Crippen molar-refractivity contribution < 1.29 is 9.57 Å². The maximum atomic E-state index is 5.82. The summed E-state index contributed by atoms with van der Waals surface area (Å²) in [6, 6.07) is 12.7. The molecule has 1 aliphatic heterocycles. The maximum Gasteiger partial charge on any atom is 0.142 e. The molecular weight excluding hydrogens is 402 g/mol. The number of hydrogen-bond donors (Lipinski definition) is 2. The summed E-state index contributed by atoms with van der Waals surface area (Å²) < 4.78 is 5.82. The van der Waals surface area contributed by atoms with E-state index in [-0.39, 0.29) is 6.04 Å². The zero-order valence-electron chi connectivity index (χ0n) is 19.2. The second-order valence-electron chi connectivity index (χ2n) is 8.42. The Balaban J connectivity index is 1.80. The summed E-state index contributed by atoms with van der Waals surface area (Å²) in [5.74, 6) is 2.37. The van der Waals surface area contributed by atoms with Gasteiger partial charge >= 0.3 is 0 Å². The second kappa shape index (κ2) is 7.53. The highest BCUT2D eigenvalue weighted by molar-refractivity contribution is 6.13. The molecule has 1 aliphatic rings. The first-order chi connectivity index (χ1) is 15.4. The number of aromatic nitrogens is 3. The van der Waals surface area contributed by atoms with Crippen molar-refractivity contribution in [1.29, 1.82) is 0 Å². The molecule has 1 atom stereocenters. The number of aromatic amines is 1. The predicted molar refractivity (Wildman–Crippen MR) is 129 cm³/mol. The van der Waals surface area contributed by atoms with Crippen LogP contribution >= 0.6 is 0 Å². The van der Waals surface area contributed by atoms with Gasteiger partial charge < -0.3 is 19.5 Å². The number of nitrogens with zero attached hydrogens (tertiary/aromatic N) is 3. The van der Waals surface area contributed by atoms with Crippen LogP contribution in [0.15, 0.2) is 42.2 Å². The van der Waals surface area contributed by atoms with Gasteiger partial charge in [-0.25, -0.2) is 9.97 Å². The smallest absolute Gasteiger partial charge is 0.142 e. The molecule has 0 saturated heterocycles. The molecule has 7 nitrogen and oxygen atoms in total. The fourth-order valence-electron chi connectivity index (χ4n) is 4.47. The van der Waals surface area contributed by atoms with Crippen molar-refractivity contribution in [3.05, 3.63) is 53.5 Å². The Hall–Kier alpha value is -3.58. The van der Waals surface area contributed by atoms with E-state index in [1.165, 1.54) is 0 Å². The summed E-state index contributed by atoms with van der Waals surface area (Å²) in [5, 5.41) is 2.02. The minimum absolute atomic E-state index is 0.0668. The van der Waals surface area contributed by atoms with E-state index in [1.807, 2.05) is 27.9 Å². The second-order valence-corrected chi connectivity index (χ2v) is 8.42. The number of rotatable bonds is 4. The molecular formula is C25H27N5O2. The molecule has 0 spiro atoms. The van der Waals surface area contributed by atoms with Crippen molar-refractivity contribution in [2.24, 2.45) is 0 Å². The number of hydroxylamine groups is 1. The van der Waals surface area contributed by atoms with E-state index < -0.39 is 0 Å².